The van der Waals surface area contributed by atoms with Crippen LogP contribution in [0.5, 0.6) is 0 Å². The average molecular weight is 245 g/mol. The van der Waals surface area contributed by atoms with Gasteiger partial charge in [-0.2, -0.15) is 4.39 Å². The molecule has 0 spiro atoms. The van der Waals surface area contributed by atoms with Crippen LogP contribution in [0.1, 0.15) is 18.1 Å². The fourth-order valence-electron chi connectivity index (χ4n) is 1.46. The molecule has 0 radical (unpaired) electrons. The monoisotopic (exact) mass is 245 g/mol. The molecule has 0 heterocycles. The Hall–Kier alpha value is -1.57. The third-order valence-electron chi connectivity index (χ3n) is 2.31. The second kappa shape index (κ2) is 5.67. The first-order valence-electron chi connectivity index (χ1n) is 4.88. The van der Waals surface area contributed by atoms with Gasteiger partial charge in [-0.15, -0.1) is 0 Å². The minimum Gasteiger partial charge on any atom is -0.396 e. The molecule has 0 bridgehead atoms. The van der Waals surface area contributed by atoms with Crippen molar-refractivity contribution in [2.24, 2.45) is 0 Å². The van der Waals surface area contributed by atoms with E-state index in [1.165, 1.54) is 6.07 Å². The van der Waals surface area contributed by atoms with E-state index in [9.17, 15) is 24.7 Å². The van der Waals surface area contributed by atoms with Crippen molar-refractivity contribution in [3.8, 4) is 0 Å². The molecule has 94 valence electrons. The van der Waals surface area contributed by atoms with Crippen LogP contribution in [0.25, 0.3) is 0 Å². The highest BCUT2D eigenvalue weighted by atomic mass is 19.1. The molecule has 0 aromatic heterocycles. The lowest BCUT2D eigenvalue weighted by Crippen LogP contribution is -2.20. The molecule has 0 aliphatic heterocycles. The average Bonchev–Trinajstić information content (AvgIpc) is 2.27. The smallest absolute Gasteiger partial charge is 0.310 e. The maximum atomic E-state index is 13.2. The summed E-state index contributed by atoms with van der Waals surface area (Å²) in [5.41, 5.74) is -1.17. The summed E-state index contributed by atoms with van der Waals surface area (Å²) >= 11 is 0. The first kappa shape index (κ1) is 13.5. The highest BCUT2D eigenvalue weighted by Gasteiger charge is 2.28. The number of aliphatic hydroxyl groups excluding tert-OH is 3. The summed E-state index contributed by atoms with van der Waals surface area (Å²) in [5, 5.41) is 38.3. The lowest BCUT2D eigenvalue weighted by atomic mass is 10.0. The van der Waals surface area contributed by atoms with E-state index in [1.807, 2.05) is 0 Å². The number of nitrogens with zero attached hydrogens (tertiary/aromatic N) is 1. The molecule has 0 amide bonds. The van der Waals surface area contributed by atoms with Gasteiger partial charge in [0.2, 0.25) is 5.82 Å². The number of nitro benzene ring substituents is 1. The number of nitro groups is 1. The van der Waals surface area contributed by atoms with Gasteiger partial charge in [-0.05, 0) is 18.6 Å². The molecule has 6 nitrogen and oxygen atoms in total. The Labute approximate surface area is 96.1 Å². The summed E-state index contributed by atoms with van der Waals surface area (Å²) < 4.78 is 13.2. The van der Waals surface area contributed by atoms with Crippen molar-refractivity contribution in [2.45, 2.75) is 18.6 Å². The molecule has 1 aromatic rings. The van der Waals surface area contributed by atoms with Crippen molar-refractivity contribution >= 4 is 5.69 Å². The van der Waals surface area contributed by atoms with Crippen molar-refractivity contribution in [1.29, 1.82) is 0 Å². The lowest BCUT2D eigenvalue weighted by Gasteiger charge is -2.17. The number of halogens is 1. The number of benzene rings is 1. The van der Waals surface area contributed by atoms with E-state index < -0.39 is 28.6 Å². The second-order valence-corrected chi connectivity index (χ2v) is 3.46. The summed E-state index contributed by atoms with van der Waals surface area (Å²) in [7, 11) is 0. The zero-order valence-electron chi connectivity index (χ0n) is 8.78. The summed E-state index contributed by atoms with van der Waals surface area (Å²) in [4.78, 5) is 9.69. The van der Waals surface area contributed by atoms with E-state index in [4.69, 9.17) is 5.11 Å². The van der Waals surface area contributed by atoms with Crippen LogP contribution in [-0.4, -0.2) is 33.0 Å². The number of para-hydroxylation sites is 1. The van der Waals surface area contributed by atoms with Gasteiger partial charge in [-0.25, -0.2) is 0 Å². The SMILES string of the molecule is O=[N+]([O-])c1c(F)cccc1C(O)C(O)CCO. The van der Waals surface area contributed by atoms with Gasteiger partial charge in [0.05, 0.1) is 16.6 Å². The van der Waals surface area contributed by atoms with Crippen molar-refractivity contribution in [2.75, 3.05) is 6.61 Å². The molecule has 1 aromatic carbocycles. The Morgan fingerprint density at radius 2 is 2.06 bits per heavy atom. The third-order valence-corrected chi connectivity index (χ3v) is 2.31. The predicted octanol–water partition coefficient (Wildman–Crippen LogP) is 0.511. The Bertz CT molecular complexity index is 412. The van der Waals surface area contributed by atoms with E-state index in [1.54, 1.807) is 0 Å². The van der Waals surface area contributed by atoms with Gasteiger partial charge < -0.3 is 15.3 Å². The number of hydrogen-bond donors (Lipinski definition) is 3. The molecule has 0 aliphatic carbocycles. The number of hydrogen-bond acceptors (Lipinski definition) is 5. The van der Waals surface area contributed by atoms with Crippen LogP contribution in [-0.2, 0) is 0 Å². The van der Waals surface area contributed by atoms with Crippen LogP contribution in [0.3, 0.4) is 0 Å². The molecular formula is C10H12FNO5. The normalized spacial score (nSPS) is 14.4. The first-order valence-corrected chi connectivity index (χ1v) is 4.88. The summed E-state index contributed by atoms with van der Waals surface area (Å²) in [6.07, 6.45) is -3.16. The molecular weight excluding hydrogens is 233 g/mol. The van der Waals surface area contributed by atoms with Gasteiger partial charge in [-0.3, -0.25) is 10.1 Å². The maximum Gasteiger partial charge on any atom is 0.310 e. The van der Waals surface area contributed by atoms with Crippen molar-refractivity contribution in [3.05, 3.63) is 39.7 Å². The predicted molar refractivity (Wildman–Crippen MR) is 55.7 cm³/mol. The van der Waals surface area contributed by atoms with E-state index in [0.29, 0.717) is 0 Å². The van der Waals surface area contributed by atoms with Gasteiger partial charge in [0.15, 0.2) is 0 Å². The number of rotatable bonds is 5. The minimum absolute atomic E-state index is 0.158. The molecule has 17 heavy (non-hydrogen) atoms. The first-order chi connectivity index (χ1) is 7.99. The molecule has 0 fully saturated rings. The molecule has 2 unspecified atom stereocenters. The van der Waals surface area contributed by atoms with E-state index in [-0.39, 0.29) is 18.6 Å². The summed E-state index contributed by atoms with van der Waals surface area (Å²) in [6.45, 7) is -0.388. The highest BCUT2D eigenvalue weighted by molar-refractivity contribution is 5.43. The molecule has 1 rings (SSSR count). The van der Waals surface area contributed by atoms with Gasteiger partial charge >= 0.3 is 5.69 Å². The maximum absolute atomic E-state index is 13.2. The Morgan fingerprint density at radius 3 is 2.59 bits per heavy atom. The zero-order chi connectivity index (χ0) is 13.0. The summed E-state index contributed by atoms with van der Waals surface area (Å²) in [5.74, 6) is -1.08. The Balaban J connectivity index is 3.13. The number of aliphatic hydroxyl groups is 3. The topological polar surface area (TPSA) is 104 Å². The van der Waals surface area contributed by atoms with Gasteiger partial charge in [0, 0.05) is 6.61 Å². The van der Waals surface area contributed by atoms with Gasteiger partial charge in [0.1, 0.15) is 6.10 Å². The van der Waals surface area contributed by atoms with E-state index in [2.05, 4.69) is 0 Å². The third kappa shape index (κ3) is 2.96. The van der Waals surface area contributed by atoms with Gasteiger partial charge in [0.25, 0.3) is 0 Å². The molecule has 0 aliphatic rings. The fraction of sp³-hybridized carbons (Fsp3) is 0.400. The van der Waals surface area contributed by atoms with Crippen LogP contribution in [0.4, 0.5) is 10.1 Å². The van der Waals surface area contributed by atoms with Gasteiger partial charge in [-0.1, -0.05) is 6.07 Å². The molecule has 7 heteroatoms. The van der Waals surface area contributed by atoms with Crippen LogP contribution in [0, 0.1) is 15.9 Å². The van der Waals surface area contributed by atoms with E-state index >= 15 is 0 Å². The second-order valence-electron chi connectivity index (χ2n) is 3.46. The minimum atomic E-state index is -1.61. The molecule has 0 saturated heterocycles. The van der Waals surface area contributed by atoms with E-state index in [0.717, 1.165) is 12.1 Å². The quantitative estimate of drug-likeness (QED) is 0.518. The van der Waals surface area contributed by atoms with Crippen LogP contribution < -0.4 is 0 Å². The van der Waals surface area contributed by atoms with Crippen molar-refractivity contribution in [1.82, 2.24) is 0 Å². The Morgan fingerprint density at radius 1 is 1.41 bits per heavy atom. The van der Waals surface area contributed by atoms with Crippen LogP contribution in [0.15, 0.2) is 18.2 Å². The summed E-state index contributed by atoms with van der Waals surface area (Å²) in [6, 6.07) is 3.26. The van der Waals surface area contributed by atoms with Crippen molar-refractivity contribution in [3.63, 3.8) is 0 Å². The zero-order valence-corrected chi connectivity index (χ0v) is 8.78. The molecule has 3 N–H and O–H groups in total. The van der Waals surface area contributed by atoms with Crippen LogP contribution >= 0.6 is 0 Å². The Kier molecular flexibility index (Phi) is 4.50. The largest absolute Gasteiger partial charge is 0.396 e. The molecule has 2 atom stereocenters. The van der Waals surface area contributed by atoms with Crippen LogP contribution in [0.2, 0.25) is 0 Å². The fourth-order valence-corrected chi connectivity index (χ4v) is 1.46. The highest BCUT2D eigenvalue weighted by Crippen LogP contribution is 2.30. The molecule has 0 saturated carbocycles. The lowest BCUT2D eigenvalue weighted by molar-refractivity contribution is -0.389. The standard InChI is InChI=1S/C10H12FNO5/c11-7-3-1-2-6(9(7)12(16)17)10(15)8(14)4-5-13/h1-3,8,10,13-15H,4-5H2. The van der Waals surface area contributed by atoms with Crippen molar-refractivity contribution < 1.29 is 24.6 Å².